The molecule has 0 saturated heterocycles. The first-order valence-electron chi connectivity index (χ1n) is 12.7. The molecule has 6 rings (SSSR count). The molecule has 0 amide bonds. The number of Topliss-reactive ketones (excluding diaryl/α,β-unsaturated/α-hetero) is 3. The summed E-state index contributed by atoms with van der Waals surface area (Å²) in [6.45, 7) is 5.80. The summed E-state index contributed by atoms with van der Waals surface area (Å²) in [5.41, 5.74) is 3.72. The van der Waals surface area contributed by atoms with Gasteiger partial charge in [0, 0.05) is 40.1 Å². The van der Waals surface area contributed by atoms with Gasteiger partial charge >= 0.3 is 0 Å². The molecule has 1 heterocycles. The predicted molar refractivity (Wildman–Crippen MR) is 145 cm³/mol. The molecule has 0 spiro atoms. The first kappa shape index (κ1) is 24.0. The third-order valence-corrected chi connectivity index (χ3v) is 7.69. The van der Waals surface area contributed by atoms with E-state index in [0.29, 0.717) is 46.5 Å². The summed E-state index contributed by atoms with van der Waals surface area (Å²) in [5, 5.41) is 3.48. The first-order valence-corrected chi connectivity index (χ1v) is 12.7. The third-order valence-electron chi connectivity index (χ3n) is 7.69. The third kappa shape index (κ3) is 3.63. The Balaban J connectivity index is 1.67. The molecule has 2 aliphatic carbocycles. The van der Waals surface area contributed by atoms with E-state index in [1.807, 2.05) is 38.1 Å². The van der Waals surface area contributed by atoms with E-state index >= 15 is 4.39 Å². The van der Waals surface area contributed by atoms with Crippen LogP contribution in [-0.4, -0.2) is 17.3 Å². The second kappa shape index (κ2) is 8.62. The van der Waals surface area contributed by atoms with Crippen molar-refractivity contribution >= 4 is 28.7 Å². The Morgan fingerprint density at radius 1 is 0.868 bits per heavy atom. The summed E-state index contributed by atoms with van der Waals surface area (Å²) >= 11 is 0. The minimum atomic E-state index is -0.872. The molecule has 5 nitrogen and oxygen atoms in total. The molecule has 1 unspecified atom stereocenters. The van der Waals surface area contributed by atoms with Crippen LogP contribution in [0.1, 0.15) is 65.9 Å². The Labute approximate surface area is 220 Å². The number of hydrogen-bond donors (Lipinski definition) is 1. The highest BCUT2D eigenvalue weighted by Gasteiger charge is 2.44. The van der Waals surface area contributed by atoms with Gasteiger partial charge in [0.1, 0.15) is 5.82 Å². The molecule has 6 heteroatoms. The first-order chi connectivity index (χ1) is 18.2. The van der Waals surface area contributed by atoms with E-state index < -0.39 is 11.9 Å². The fraction of sp³-hybridized carbons (Fsp3) is 0.219. The number of carbonyl (C=O) groups is 3. The topological polar surface area (TPSA) is 66.5 Å². The lowest BCUT2D eigenvalue weighted by atomic mass is 9.73. The monoisotopic (exact) mass is 506 g/mol. The van der Waals surface area contributed by atoms with E-state index in [0.717, 1.165) is 11.4 Å². The molecule has 0 aromatic heterocycles. The Kier molecular flexibility index (Phi) is 5.45. The predicted octanol–water partition coefficient (Wildman–Crippen LogP) is 6.80. The molecule has 0 radical (unpaired) electrons. The van der Waals surface area contributed by atoms with Gasteiger partial charge in [-0.2, -0.15) is 0 Å². The molecule has 1 atom stereocenters. The van der Waals surface area contributed by atoms with Gasteiger partial charge in [-0.05, 0) is 37.0 Å². The van der Waals surface area contributed by atoms with Crippen LogP contribution in [0.25, 0.3) is 0 Å². The molecule has 0 bridgehead atoms. The molecule has 1 aliphatic heterocycles. The molecule has 1 N–H and O–H groups in total. The van der Waals surface area contributed by atoms with Crippen LogP contribution < -0.4 is 10.2 Å². The Bertz CT molecular complexity index is 1580. The number of nitrogens with one attached hydrogen (secondary N) is 1. The van der Waals surface area contributed by atoms with Gasteiger partial charge in [0.05, 0.1) is 23.0 Å². The number of allylic oxidation sites excluding steroid dienone is 3. The van der Waals surface area contributed by atoms with Crippen molar-refractivity contribution in [3.63, 3.8) is 0 Å². The smallest absolute Gasteiger partial charge is 0.199 e. The van der Waals surface area contributed by atoms with Crippen molar-refractivity contribution < 1.29 is 18.8 Å². The summed E-state index contributed by atoms with van der Waals surface area (Å²) in [6.07, 6.45) is 0.904. The van der Waals surface area contributed by atoms with Gasteiger partial charge in [-0.1, -0.05) is 68.4 Å². The summed E-state index contributed by atoms with van der Waals surface area (Å²) in [5.74, 6) is -1.28. The average Bonchev–Trinajstić information content (AvgIpc) is 3.04. The number of benzene rings is 3. The number of halogens is 1. The highest BCUT2D eigenvalue weighted by atomic mass is 19.1. The molecule has 38 heavy (non-hydrogen) atoms. The average molecular weight is 507 g/mol. The lowest BCUT2D eigenvalue weighted by Crippen LogP contribution is -2.36. The van der Waals surface area contributed by atoms with E-state index in [9.17, 15) is 14.4 Å². The van der Waals surface area contributed by atoms with Crippen molar-refractivity contribution in [3.8, 4) is 0 Å². The number of rotatable bonds is 2. The van der Waals surface area contributed by atoms with Crippen LogP contribution in [-0.2, 0) is 4.79 Å². The number of anilines is 2. The van der Waals surface area contributed by atoms with Crippen LogP contribution in [0.15, 0.2) is 95.3 Å². The summed E-state index contributed by atoms with van der Waals surface area (Å²) in [4.78, 5) is 42.8. The zero-order valence-electron chi connectivity index (χ0n) is 21.5. The van der Waals surface area contributed by atoms with Crippen molar-refractivity contribution in [3.05, 3.63) is 118 Å². The Hall–Kier alpha value is -4.32. The van der Waals surface area contributed by atoms with E-state index in [1.165, 1.54) is 6.07 Å². The molecule has 3 aliphatic rings. The molecular formula is C32H27FN2O3. The number of carbonyl (C=O) groups excluding carboxylic acids is 3. The zero-order chi connectivity index (χ0) is 26.8. The number of fused-ring (bicyclic) bond motifs is 2. The fourth-order valence-corrected chi connectivity index (χ4v) is 6.05. The SMILES string of the molecule is CC(=C1C(=O)c2ccccc2C1=O)N1c2ccccc2NC2=C(C(=O)CC(C)(C)C2)C1c1ccccc1F. The minimum Gasteiger partial charge on any atom is -0.357 e. The number of para-hydroxylation sites is 2. The molecule has 0 saturated carbocycles. The van der Waals surface area contributed by atoms with Crippen molar-refractivity contribution in [2.75, 3.05) is 10.2 Å². The Morgan fingerprint density at radius 2 is 1.47 bits per heavy atom. The van der Waals surface area contributed by atoms with Gasteiger partial charge < -0.3 is 10.2 Å². The van der Waals surface area contributed by atoms with Gasteiger partial charge in [0.15, 0.2) is 17.3 Å². The van der Waals surface area contributed by atoms with Crippen LogP contribution in [0.2, 0.25) is 0 Å². The summed E-state index contributed by atoms with van der Waals surface area (Å²) < 4.78 is 15.6. The van der Waals surface area contributed by atoms with Crippen LogP contribution in [0.4, 0.5) is 15.8 Å². The lowest BCUT2D eigenvalue weighted by molar-refractivity contribution is -0.118. The van der Waals surface area contributed by atoms with Crippen molar-refractivity contribution in [2.45, 2.75) is 39.7 Å². The van der Waals surface area contributed by atoms with Crippen molar-refractivity contribution in [1.82, 2.24) is 0 Å². The Morgan fingerprint density at radius 3 is 2.16 bits per heavy atom. The lowest BCUT2D eigenvalue weighted by Gasteiger charge is -2.38. The van der Waals surface area contributed by atoms with Gasteiger partial charge in [-0.3, -0.25) is 14.4 Å². The quantitative estimate of drug-likeness (QED) is 0.306. The van der Waals surface area contributed by atoms with Crippen molar-refractivity contribution in [1.29, 1.82) is 0 Å². The van der Waals surface area contributed by atoms with Gasteiger partial charge in [-0.15, -0.1) is 0 Å². The van der Waals surface area contributed by atoms with Gasteiger partial charge in [0.2, 0.25) is 0 Å². The number of ketones is 3. The minimum absolute atomic E-state index is 0.0370. The largest absolute Gasteiger partial charge is 0.357 e. The summed E-state index contributed by atoms with van der Waals surface area (Å²) in [7, 11) is 0. The molecule has 3 aromatic rings. The molecular weight excluding hydrogens is 479 g/mol. The van der Waals surface area contributed by atoms with E-state index in [-0.39, 0.29) is 28.3 Å². The molecule has 3 aromatic carbocycles. The highest BCUT2D eigenvalue weighted by Crippen LogP contribution is 2.50. The van der Waals surface area contributed by atoms with Gasteiger partial charge in [-0.25, -0.2) is 4.39 Å². The van der Waals surface area contributed by atoms with Crippen LogP contribution >= 0.6 is 0 Å². The van der Waals surface area contributed by atoms with Crippen LogP contribution in [0.3, 0.4) is 0 Å². The second-order valence-corrected chi connectivity index (χ2v) is 10.9. The van der Waals surface area contributed by atoms with E-state index in [4.69, 9.17) is 0 Å². The normalized spacial score (nSPS) is 20.0. The maximum Gasteiger partial charge on any atom is 0.199 e. The van der Waals surface area contributed by atoms with Crippen LogP contribution in [0, 0.1) is 11.2 Å². The maximum atomic E-state index is 15.6. The molecule has 190 valence electrons. The van der Waals surface area contributed by atoms with E-state index in [1.54, 1.807) is 54.3 Å². The standard InChI is InChI=1S/C32H27FN2O3/c1-18(27-30(37)19-10-4-5-11-20(19)31(27)38)35-25-15-9-8-14-23(25)34-24-16-32(2,3)17-26(36)28(24)29(35)21-12-6-7-13-22(21)33/h4-15,29,34H,16-17H2,1-3H3. The zero-order valence-corrected chi connectivity index (χ0v) is 21.5. The second-order valence-electron chi connectivity index (χ2n) is 10.9. The number of hydrogen-bond acceptors (Lipinski definition) is 5. The summed E-state index contributed by atoms with van der Waals surface area (Å²) in [6, 6.07) is 19.8. The fourth-order valence-electron chi connectivity index (χ4n) is 6.05. The van der Waals surface area contributed by atoms with Crippen molar-refractivity contribution in [2.24, 2.45) is 5.41 Å². The maximum absolute atomic E-state index is 15.6. The molecule has 0 fully saturated rings. The van der Waals surface area contributed by atoms with E-state index in [2.05, 4.69) is 5.32 Å². The number of nitrogens with zero attached hydrogens (tertiary/aromatic N) is 1. The van der Waals surface area contributed by atoms with Gasteiger partial charge in [0.25, 0.3) is 0 Å². The van der Waals surface area contributed by atoms with Crippen LogP contribution in [0.5, 0.6) is 0 Å². The highest BCUT2D eigenvalue weighted by molar-refractivity contribution is 6.40.